The summed E-state index contributed by atoms with van der Waals surface area (Å²) in [6.07, 6.45) is 2.94. The number of pyridine rings is 1. The third kappa shape index (κ3) is 5.44. The van der Waals surface area contributed by atoms with Crippen LogP contribution in [0.15, 0.2) is 12.3 Å². The van der Waals surface area contributed by atoms with Gasteiger partial charge in [-0.3, -0.25) is 4.79 Å². The summed E-state index contributed by atoms with van der Waals surface area (Å²) >= 11 is 5.85. The zero-order valence-electron chi connectivity index (χ0n) is 12.9. The van der Waals surface area contributed by atoms with E-state index in [1.54, 1.807) is 0 Å². The van der Waals surface area contributed by atoms with E-state index in [1.807, 2.05) is 0 Å². The zero-order chi connectivity index (χ0) is 18.8. The third-order valence-corrected chi connectivity index (χ3v) is 4.76. The van der Waals surface area contributed by atoms with Gasteiger partial charge < -0.3 is 10.1 Å². The second kappa shape index (κ2) is 7.34. The minimum absolute atomic E-state index is 0.0451. The number of ether oxygens (including phenoxy) is 1. The fraction of sp³-hybridized carbons (Fsp3) is 0.538. The summed E-state index contributed by atoms with van der Waals surface area (Å²) in [5.74, 6) is -0.361. The number of carbonyl (C=O) groups excluding carboxylic acids is 1. The first kappa shape index (κ1) is 19.7. The predicted molar refractivity (Wildman–Crippen MR) is 82.8 cm³/mol. The van der Waals surface area contributed by atoms with Crippen LogP contribution in [-0.4, -0.2) is 43.5 Å². The largest absolute Gasteiger partial charge is 0.511 e. The summed E-state index contributed by atoms with van der Waals surface area (Å²) in [5.41, 5.74) is -5.34. The highest BCUT2D eigenvalue weighted by Crippen LogP contribution is 2.24. The van der Waals surface area contributed by atoms with Crippen molar-refractivity contribution in [1.82, 2.24) is 15.0 Å². The Morgan fingerprint density at radius 3 is 2.68 bits per heavy atom. The monoisotopic (exact) mass is 401 g/mol. The van der Waals surface area contributed by atoms with Crippen molar-refractivity contribution in [2.45, 2.75) is 37.4 Å². The van der Waals surface area contributed by atoms with Gasteiger partial charge in [0, 0.05) is 6.04 Å². The van der Waals surface area contributed by atoms with Gasteiger partial charge in [0.25, 0.3) is 5.91 Å². The average Bonchev–Trinajstić information content (AvgIpc) is 3.28. The summed E-state index contributed by atoms with van der Waals surface area (Å²) in [4.78, 5) is 15.8. The van der Waals surface area contributed by atoms with Crippen LogP contribution in [-0.2, 0) is 10.0 Å². The van der Waals surface area contributed by atoms with Crippen LogP contribution in [0.25, 0.3) is 0 Å². The molecule has 1 atom stereocenters. The molecule has 0 spiro atoms. The number of hydrogen-bond donors (Lipinski definition) is 2. The Hall–Kier alpha value is -1.59. The number of halogens is 4. The van der Waals surface area contributed by atoms with Gasteiger partial charge in [-0.2, -0.15) is 13.2 Å². The van der Waals surface area contributed by atoms with Gasteiger partial charge in [-0.25, -0.2) is 18.1 Å². The van der Waals surface area contributed by atoms with Crippen LogP contribution in [0.1, 0.15) is 30.1 Å². The quantitative estimate of drug-likeness (QED) is 0.679. The van der Waals surface area contributed by atoms with Gasteiger partial charge in [0.15, 0.2) is 0 Å². The lowest BCUT2D eigenvalue weighted by atomic mass is 10.2. The number of alkyl halides is 3. The fourth-order valence-corrected chi connectivity index (χ4v) is 2.67. The molecule has 1 aromatic rings. The number of rotatable bonds is 7. The van der Waals surface area contributed by atoms with E-state index in [0.29, 0.717) is 0 Å². The van der Waals surface area contributed by atoms with Gasteiger partial charge in [-0.15, -0.1) is 0 Å². The molecule has 1 heterocycles. The Kier molecular flexibility index (Phi) is 5.79. The molecule has 1 aromatic heterocycles. The highest BCUT2D eigenvalue weighted by atomic mass is 35.5. The summed E-state index contributed by atoms with van der Waals surface area (Å²) < 4.78 is 65.5. The van der Waals surface area contributed by atoms with Crippen molar-refractivity contribution in [2.75, 3.05) is 6.61 Å². The summed E-state index contributed by atoms with van der Waals surface area (Å²) in [6.45, 7) is 0.801. The summed E-state index contributed by atoms with van der Waals surface area (Å²) in [6, 6.07) is 0.230. The van der Waals surface area contributed by atoms with Gasteiger partial charge in [0.05, 0.1) is 17.8 Å². The van der Waals surface area contributed by atoms with Crippen LogP contribution in [0.4, 0.5) is 13.2 Å². The summed E-state index contributed by atoms with van der Waals surface area (Å²) in [7, 11) is -5.47. The van der Waals surface area contributed by atoms with Gasteiger partial charge in [-0.05, 0) is 25.8 Å². The minimum atomic E-state index is -5.47. The molecule has 0 saturated heterocycles. The second-order valence-corrected chi connectivity index (χ2v) is 7.60. The van der Waals surface area contributed by atoms with E-state index in [1.165, 1.54) is 23.9 Å². The standard InChI is InChI=1S/C13H15ClF3N3O4S/c1-7(20-25(22,23)13(15,16)17)6-24-9-4-10(11(14)18-5-9)12(21)19-8-2-3-8/h4-5,7-8,20H,2-3,6H2,1H3,(H,19,21). The third-order valence-electron chi connectivity index (χ3n) is 3.13. The Morgan fingerprint density at radius 2 is 2.12 bits per heavy atom. The first-order valence-electron chi connectivity index (χ1n) is 7.17. The molecule has 12 heteroatoms. The van der Waals surface area contributed by atoms with Gasteiger partial charge >= 0.3 is 15.5 Å². The number of nitrogens with zero attached hydrogens (tertiary/aromatic N) is 1. The molecule has 1 fully saturated rings. The van der Waals surface area contributed by atoms with Crippen molar-refractivity contribution in [2.24, 2.45) is 0 Å². The van der Waals surface area contributed by atoms with E-state index in [2.05, 4.69) is 10.3 Å². The van der Waals surface area contributed by atoms with Crippen LogP contribution in [0.3, 0.4) is 0 Å². The second-order valence-electron chi connectivity index (χ2n) is 5.54. The number of nitrogens with one attached hydrogen (secondary N) is 2. The van der Waals surface area contributed by atoms with Crippen molar-refractivity contribution in [1.29, 1.82) is 0 Å². The molecule has 0 aromatic carbocycles. The maximum atomic E-state index is 12.3. The molecular formula is C13H15ClF3N3O4S. The highest BCUT2D eigenvalue weighted by molar-refractivity contribution is 7.90. The number of sulfonamides is 1. The smallest absolute Gasteiger partial charge is 0.490 e. The molecule has 140 valence electrons. The molecule has 25 heavy (non-hydrogen) atoms. The lowest BCUT2D eigenvalue weighted by molar-refractivity contribution is -0.0451. The molecule has 0 radical (unpaired) electrons. The van der Waals surface area contributed by atoms with Crippen molar-refractivity contribution in [3.05, 3.63) is 23.0 Å². The van der Waals surface area contributed by atoms with Crippen molar-refractivity contribution < 1.29 is 31.1 Å². The maximum Gasteiger partial charge on any atom is 0.511 e. The van der Waals surface area contributed by atoms with Crippen LogP contribution in [0, 0.1) is 0 Å². The highest BCUT2D eigenvalue weighted by Gasteiger charge is 2.46. The SMILES string of the molecule is CC(COc1cnc(Cl)c(C(=O)NC2CC2)c1)NS(=O)(=O)C(F)(F)F. The Bertz CT molecular complexity index is 753. The Morgan fingerprint density at radius 1 is 1.48 bits per heavy atom. The fourth-order valence-electron chi connectivity index (χ4n) is 1.74. The molecule has 0 bridgehead atoms. The molecule has 1 aliphatic rings. The summed E-state index contributed by atoms with van der Waals surface area (Å²) in [5, 5.41) is 2.67. The first-order chi connectivity index (χ1) is 11.5. The number of hydrogen-bond acceptors (Lipinski definition) is 5. The average molecular weight is 402 g/mol. The molecule has 1 aliphatic carbocycles. The molecule has 2 N–H and O–H groups in total. The maximum absolute atomic E-state index is 12.3. The lowest BCUT2D eigenvalue weighted by Crippen LogP contribution is -2.43. The van der Waals surface area contributed by atoms with E-state index in [9.17, 15) is 26.4 Å². The van der Waals surface area contributed by atoms with Crippen LogP contribution in [0.2, 0.25) is 5.15 Å². The zero-order valence-corrected chi connectivity index (χ0v) is 14.5. The van der Waals surface area contributed by atoms with Crippen molar-refractivity contribution in [3.8, 4) is 5.75 Å². The van der Waals surface area contributed by atoms with E-state index in [-0.39, 0.29) is 22.5 Å². The Labute approximate surface area is 147 Å². The van der Waals surface area contributed by atoms with Crippen molar-refractivity contribution in [3.63, 3.8) is 0 Å². The van der Waals surface area contributed by atoms with Gasteiger partial charge in [0.1, 0.15) is 17.5 Å². The molecule has 1 unspecified atom stereocenters. The number of amides is 1. The minimum Gasteiger partial charge on any atom is -0.490 e. The van der Waals surface area contributed by atoms with E-state index >= 15 is 0 Å². The topological polar surface area (TPSA) is 97.4 Å². The first-order valence-corrected chi connectivity index (χ1v) is 9.03. The van der Waals surface area contributed by atoms with E-state index < -0.39 is 34.1 Å². The van der Waals surface area contributed by atoms with Crippen LogP contribution >= 0.6 is 11.6 Å². The van der Waals surface area contributed by atoms with Gasteiger partial charge in [-0.1, -0.05) is 11.6 Å². The number of aromatic nitrogens is 1. The molecule has 1 saturated carbocycles. The molecule has 0 aliphatic heterocycles. The normalized spacial score (nSPS) is 16.4. The molecule has 7 nitrogen and oxygen atoms in total. The molecular weight excluding hydrogens is 387 g/mol. The lowest BCUT2D eigenvalue weighted by Gasteiger charge is -2.16. The van der Waals surface area contributed by atoms with E-state index in [4.69, 9.17) is 16.3 Å². The van der Waals surface area contributed by atoms with Gasteiger partial charge in [0.2, 0.25) is 0 Å². The predicted octanol–water partition coefficient (Wildman–Crippen LogP) is 1.83. The Balaban J connectivity index is 1.97. The molecule has 2 rings (SSSR count). The van der Waals surface area contributed by atoms with Crippen LogP contribution in [0.5, 0.6) is 5.75 Å². The van der Waals surface area contributed by atoms with Crippen molar-refractivity contribution >= 4 is 27.5 Å². The molecule has 1 amide bonds. The number of carbonyl (C=O) groups is 1. The van der Waals surface area contributed by atoms with Crippen LogP contribution < -0.4 is 14.8 Å². The van der Waals surface area contributed by atoms with E-state index in [0.717, 1.165) is 12.8 Å².